The van der Waals surface area contributed by atoms with Gasteiger partial charge in [-0.2, -0.15) is 13.2 Å². The third-order valence-corrected chi connectivity index (χ3v) is 8.34. The average molecular weight is 674 g/mol. The molecule has 1 unspecified atom stereocenters. The van der Waals surface area contributed by atoms with Gasteiger partial charge in [0, 0.05) is 21.2 Å². The van der Waals surface area contributed by atoms with Crippen LogP contribution in [0.3, 0.4) is 0 Å². The van der Waals surface area contributed by atoms with Gasteiger partial charge in [0.25, 0.3) is 11.8 Å². The molecule has 238 valence electrons. The Morgan fingerprint density at radius 1 is 0.809 bits per heavy atom. The number of carbonyl (C=O) groups excluding carboxylic acids is 3. The maximum Gasteiger partial charge on any atom is 0.418 e. The molecule has 5 aromatic rings. The number of benzene rings is 5. The summed E-state index contributed by atoms with van der Waals surface area (Å²) in [6, 6.07) is 31.6. The van der Waals surface area contributed by atoms with E-state index in [1.807, 2.05) is 42.5 Å². The highest BCUT2D eigenvalue weighted by Crippen LogP contribution is 2.37. The second-order valence-corrected chi connectivity index (χ2v) is 12.2. The summed E-state index contributed by atoms with van der Waals surface area (Å²) < 4.78 is 40.3. The molecule has 3 N–H and O–H groups in total. The highest BCUT2D eigenvalue weighted by Gasteiger charge is 2.34. The number of fused-ring (bicyclic) bond motifs is 1. The molecule has 0 fully saturated rings. The first-order chi connectivity index (χ1) is 22.5. The molecule has 0 saturated heterocycles. The van der Waals surface area contributed by atoms with E-state index in [0.717, 1.165) is 40.2 Å². The fraction of sp³-hybridized carbons (Fsp3) is 0.0833. The molecule has 5 aromatic carbocycles. The van der Waals surface area contributed by atoms with Gasteiger partial charge >= 0.3 is 6.18 Å². The lowest BCUT2D eigenvalue weighted by Crippen LogP contribution is -2.30. The molecule has 0 aromatic heterocycles. The van der Waals surface area contributed by atoms with E-state index in [-0.39, 0.29) is 16.4 Å². The number of nitrogens with one attached hydrogen (secondary N) is 3. The van der Waals surface area contributed by atoms with Crippen molar-refractivity contribution in [2.24, 2.45) is 0 Å². The van der Waals surface area contributed by atoms with E-state index in [1.54, 1.807) is 67.6 Å². The Kier molecular flexibility index (Phi) is 10.3. The number of alkyl halides is 3. The van der Waals surface area contributed by atoms with Crippen molar-refractivity contribution < 1.29 is 27.6 Å². The quantitative estimate of drug-likeness (QED) is 0.108. The first-order valence-electron chi connectivity index (χ1n) is 14.3. The van der Waals surface area contributed by atoms with Crippen molar-refractivity contribution in [3.8, 4) is 0 Å². The number of rotatable bonds is 9. The third kappa shape index (κ3) is 8.60. The topological polar surface area (TPSA) is 87.3 Å². The summed E-state index contributed by atoms with van der Waals surface area (Å²) in [5.74, 6) is -1.64. The zero-order valence-electron chi connectivity index (χ0n) is 24.8. The fourth-order valence-corrected chi connectivity index (χ4v) is 5.68. The van der Waals surface area contributed by atoms with Gasteiger partial charge in [-0.25, -0.2) is 0 Å². The zero-order chi connectivity index (χ0) is 33.6. The third-order valence-electron chi connectivity index (χ3n) is 6.99. The molecule has 0 aliphatic rings. The van der Waals surface area contributed by atoms with Crippen LogP contribution in [0, 0.1) is 0 Å². The van der Waals surface area contributed by atoms with Crippen LogP contribution in [0.4, 0.5) is 24.5 Å². The lowest BCUT2D eigenvalue weighted by molar-refractivity contribution is -0.137. The predicted molar refractivity (Wildman–Crippen MR) is 181 cm³/mol. The van der Waals surface area contributed by atoms with Crippen molar-refractivity contribution >= 4 is 69.3 Å². The van der Waals surface area contributed by atoms with E-state index in [1.165, 1.54) is 6.07 Å². The Balaban J connectivity index is 1.30. The van der Waals surface area contributed by atoms with Crippen LogP contribution in [0.25, 0.3) is 16.8 Å². The Morgan fingerprint density at radius 3 is 2.21 bits per heavy atom. The van der Waals surface area contributed by atoms with Crippen molar-refractivity contribution in [1.82, 2.24) is 5.32 Å². The largest absolute Gasteiger partial charge is 0.418 e. The maximum atomic E-state index is 13.5. The summed E-state index contributed by atoms with van der Waals surface area (Å²) in [6.07, 6.45) is -3.08. The molecule has 11 heteroatoms. The van der Waals surface area contributed by atoms with Crippen LogP contribution in [-0.4, -0.2) is 23.0 Å². The van der Waals surface area contributed by atoms with E-state index in [9.17, 15) is 27.6 Å². The molecule has 3 amide bonds. The van der Waals surface area contributed by atoms with Crippen LogP contribution in [0.15, 0.2) is 126 Å². The minimum Gasteiger partial charge on any atom is -0.325 e. The maximum absolute atomic E-state index is 13.5. The molecule has 1 atom stereocenters. The number of thioether (sulfide) groups is 1. The molecule has 6 nitrogen and oxygen atoms in total. The van der Waals surface area contributed by atoms with Crippen molar-refractivity contribution in [1.29, 1.82) is 0 Å². The highest BCUT2D eigenvalue weighted by molar-refractivity contribution is 8.00. The molecule has 47 heavy (non-hydrogen) atoms. The summed E-state index contributed by atoms with van der Waals surface area (Å²) in [4.78, 5) is 40.0. The molecule has 0 heterocycles. The van der Waals surface area contributed by atoms with E-state index in [0.29, 0.717) is 16.1 Å². The molecule has 5 rings (SSSR count). The average Bonchev–Trinajstić information content (AvgIpc) is 3.06. The van der Waals surface area contributed by atoms with E-state index >= 15 is 0 Å². The van der Waals surface area contributed by atoms with Crippen LogP contribution in [0.5, 0.6) is 0 Å². The lowest BCUT2D eigenvalue weighted by Gasteiger charge is -2.17. The molecule has 0 aliphatic heterocycles. The summed E-state index contributed by atoms with van der Waals surface area (Å²) in [6.45, 7) is 1.57. The second kappa shape index (κ2) is 14.6. The van der Waals surface area contributed by atoms with Gasteiger partial charge in [0.05, 0.1) is 16.5 Å². The Labute approximate surface area is 278 Å². The van der Waals surface area contributed by atoms with Crippen LogP contribution >= 0.6 is 23.4 Å². The van der Waals surface area contributed by atoms with E-state index < -0.39 is 34.7 Å². The minimum absolute atomic E-state index is 0.0272. The standard InChI is InChI=1S/C36H27ClF3N3O3S/c1-22(33(44)42-31-19-14-26(37)21-30(31)36(38,39)40)47-28-17-15-27(16-18-28)41-35(46)32(43-34(45)24-9-3-2-4-10-24)20-25-12-7-11-23-8-5-6-13-29(23)25/h2-22H,1H3,(H,41,46)(H,42,44)(H,43,45)/b32-20-. The molecule has 0 bridgehead atoms. The number of hydrogen-bond donors (Lipinski definition) is 3. The minimum atomic E-state index is -4.70. The van der Waals surface area contributed by atoms with Crippen molar-refractivity contribution in [2.45, 2.75) is 23.2 Å². The lowest BCUT2D eigenvalue weighted by atomic mass is 10.0. The Bertz CT molecular complexity index is 1960. The first-order valence-corrected chi connectivity index (χ1v) is 15.6. The normalized spacial score (nSPS) is 12.3. The molecular weight excluding hydrogens is 647 g/mol. The predicted octanol–water partition coefficient (Wildman–Crippen LogP) is 9.04. The van der Waals surface area contributed by atoms with E-state index in [2.05, 4.69) is 16.0 Å². The summed E-state index contributed by atoms with van der Waals surface area (Å²) in [5, 5.41) is 8.90. The van der Waals surface area contributed by atoms with Gasteiger partial charge in [0.15, 0.2) is 0 Å². The first kappa shape index (κ1) is 33.3. The van der Waals surface area contributed by atoms with Crippen LogP contribution in [0.2, 0.25) is 5.02 Å². The van der Waals surface area contributed by atoms with Crippen LogP contribution in [0.1, 0.15) is 28.4 Å². The second-order valence-electron chi connectivity index (χ2n) is 10.4. The zero-order valence-corrected chi connectivity index (χ0v) is 26.3. The van der Waals surface area contributed by atoms with Gasteiger partial charge in [-0.15, -0.1) is 11.8 Å². The fourth-order valence-electron chi connectivity index (χ4n) is 4.64. The monoisotopic (exact) mass is 673 g/mol. The number of carbonyl (C=O) groups is 3. The highest BCUT2D eigenvalue weighted by atomic mass is 35.5. The van der Waals surface area contributed by atoms with Crippen molar-refractivity contribution in [3.05, 3.63) is 143 Å². The number of halogens is 4. The molecule has 0 aliphatic carbocycles. The Morgan fingerprint density at radius 2 is 1.49 bits per heavy atom. The Hall–Kier alpha value is -5.06. The summed E-state index contributed by atoms with van der Waals surface area (Å²) in [5.41, 5.74) is 0.147. The summed E-state index contributed by atoms with van der Waals surface area (Å²) in [7, 11) is 0. The smallest absolute Gasteiger partial charge is 0.325 e. The van der Waals surface area contributed by atoms with Gasteiger partial charge in [-0.1, -0.05) is 72.3 Å². The summed E-state index contributed by atoms with van der Waals surface area (Å²) >= 11 is 6.86. The molecule has 0 spiro atoms. The number of anilines is 2. The van der Waals surface area contributed by atoms with Gasteiger partial charge < -0.3 is 16.0 Å². The SMILES string of the molecule is CC(Sc1ccc(NC(=O)/C(=C/c2cccc3ccccc23)NC(=O)c2ccccc2)cc1)C(=O)Nc1ccc(Cl)cc1C(F)(F)F. The molecule has 0 radical (unpaired) electrons. The van der Waals surface area contributed by atoms with Crippen molar-refractivity contribution in [2.75, 3.05) is 10.6 Å². The number of amides is 3. The van der Waals surface area contributed by atoms with Crippen LogP contribution in [-0.2, 0) is 15.8 Å². The van der Waals surface area contributed by atoms with Crippen molar-refractivity contribution in [3.63, 3.8) is 0 Å². The van der Waals surface area contributed by atoms with Gasteiger partial charge in [0.1, 0.15) is 5.70 Å². The van der Waals surface area contributed by atoms with Crippen LogP contribution < -0.4 is 16.0 Å². The van der Waals surface area contributed by atoms with Gasteiger partial charge in [-0.3, -0.25) is 14.4 Å². The molecular formula is C36H27ClF3N3O3S. The molecule has 0 saturated carbocycles. The van der Waals surface area contributed by atoms with E-state index in [4.69, 9.17) is 11.6 Å². The number of hydrogen-bond acceptors (Lipinski definition) is 4. The van der Waals surface area contributed by atoms with Gasteiger partial charge in [-0.05, 0) is 83.9 Å². The van der Waals surface area contributed by atoms with Gasteiger partial charge in [0.2, 0.25) is 5.91 Å².